The molecule has 7 heteroatoms. The lowest BCUT2D eigenvalue weighted by atomic mass is 10.2. The van der Waals surface area contributed by atoms with Gasteiger partial charge in [-0.15, -0.1) is 0 Å². The minimum Gasteiger partial charge on any atom is -0.370 e. The van der Waals surface area contributed by atoms with E-state index >= 15 is 0 Å². The van der Waals surface area contributed by atoms with Gasteiger partial charge < -0.3 is 10.6 Å². The van der Waals surface area contributed by atoms with Crippen LogP contribution in [0.15, 0.2) is 18.5 Å². The van der Waals surface area contributed by atoms with Gasteiger partial charge in [-0.2, -0.15) is 5.10 Å². The summed E-state index contributed by atoms with van der Waals surface area (Å²) in [6, 6.07) is 3.52. The number of anilines is 1. The van der Waals surface area contributed by atoms with Gasteiger partial charge in [0.2, 0.25) is 0 Å². The van der Waals surface area contributed by atoms with Crippen molar-refractivity contribution in [2.45, 2.75) is 20.3 Å². The van der Waals surface area contributed by atoms with Crippen molar-refractivity contribution in [2.75, 3.05) is 18.4 Å². The van der Waals surface area contributed by atoms with Crippen LogP contribution in [0.5, 0.6) is 0 Å². The molecular formula is C13H18N6O. The lowest BCUT2D eigenvalue weighted by Gasteiger charge is -2.08. The number of nitrogens with one attached hydrogen (secondary N) is 3. The van der Waals surface area contributed by atoms with Gasteiger partial charge in [0.15, 0.2) is 0 Å². The number of carbonyl (C=O) groups is 1. The van der Waals surface area contributed by atoms with E-state index in [2.05, 4.69) is 30.8 Å². The molecule has 0 aliphatic rings. The van der Waals surface area contributed by atoms with Crippen molar-refractivity contribution in [1.29, 1.82) is 0 Å². The van der Waals surface area contributed by atoms with Crippen LogP contribution in [0, 0.1) is 6.92 Å². The van der Waals surface area contributed by atoms with Crippen molar-refractivity contribution in [3.8, 4) is 0 Å². The number of aryl methyl sites for hydroxylation is 1. The zero-order valence-electron chi connectivity index (χ0n) is 11.6. The van der Waals surface area contributed by atoms with Crippen LogP contribution in [0.2, 0.25) is 0 Å². The summed E-state index contributed by atoms with van der Waals surface area (Å²) >= 11 is 0. The molecule has 2 rings (SSSR count). The monoisotopic (exact) mass is 274 g/mol. The number of amides is 1. The second kappa shape index (κ2) is 6.65. The fourth-order valence-electron chi connectivity index (χ4n) is 1.82. The molecule has 0 atom stereocenters. The summed E-state index contributed by atoms with van der Waals surface area (Å²) in [5.74, 6) is 1.35. The second-order valence-electron chi connectivity index (χ2n) is 4.35. The van der Waals surface area contributed by atoms with Gasteiger partial charge in [-0.25, -0.2) is 9.97 Å². The molecule has 0 fully saturated rings. The molecule has 0 saturated carbocycles. The van der Waals surface area contributed by atoms with Gasteiger partial charge in [0.25, 0.3) is 5.91 Å². The third-order valence-corrected chi connectivity index (χ3v) is 2.69. The fourth-order valence-corrected chi connectivity index (χ4v) is 1.82. The van der Waals surface area contributed by atoms with E-state index in [9.17, 15) is 4.79 Å². The quantitative estimate of drug-likeness (QED) is 0.727. The first-order valence-corrected chi connectivity index (χ1v) is 6.54. The highest BCUT2D eigenvalue weighted by Crippen LogP contribution is 2.10. The molecule has 20 heavy (non-hydrogen) atoms. The lowest BCUT2D eigenvalue weighted by molar-refractivity contribution is 0.0954. The summed E-state index contributed by atoms with van der Waals surface area (Å²) < 4.78 is 0. The number of nitrogens with zero attached hydrogens (tertiary/aromatic N) is 3. The van der Waals surface area contributed by atoms with E-state index in [0.29, 0.717) is 24.3 Å². The van der Waals surface area contributed by atoms with Crippen LogP contribution in [-0.2, 0) is 6.42 Å². The predicted octanol–water partition coefficient (Wildman–Crippen LogP) is 0.912. The highest BCUT2D eigenvalue weighted by atomic mass is 16.1. The average Bonchev–Trinajstić information content (AvgIpc) is 2.91. The second-order valence-corrected chi connectivity index (χ2v) is 4.35. The molecule has 7 nitrogen and oxygen atoms in total. The molecule has 0 aliphatic carbocycles. The van der Waals surface area contributed by atoms with Gasteiger partial charge in [-0.3, -0.25) is 9.89 Å². The van der Waals surface area contributed by atoms with Crippen LogP contribution in [0.25, 0.3) is 0 Å². The molecule has 0 radical (unpaired) electrons. The maximum absolute atomic E-state index is 12.1. The number of carbonyl (C=O) groups excluding carboxylic acids is 1. The molecule has 3 N–H and O–H groups in total. The molecule has 0 unspecified atom stereocenters. The third kappa shape index (κ3) is 3.78. The Labute approximate surface area is 117 Å². The molecule has 2 aromatic rings. The Morgan fingerprint density at radius 3 is 2.95 bits per heavy atom. The molecule has 0 aromatic carbocycles. The van der Waals surface area contributed by atoms with Gasteiger partial charge in [-0.05, 0) is 26.0 Å². The number of pyridine rings is 1. The number of aromatic amines is 1. The summed E-state index contributed by atoms with van der Waals surface area (Å²) in [6.45, 7) is 5.13. The molecule has 2 heterocycles. The van der Waals surface area contributed by atoms with E-state index in [1.807, 2.05) is 13.8 Å². The Morgan fingerprint density at radius 1 is 1.40 bits per heavy atom. The molecule has 106 valence electrons. The Morgan fingerprint density at radius 2 is 2.25 bits per heavy atom. The maximum atomic E-state index is 12.1. The molecule has 0 spiro atoms. The Hall–Kier alpha value is -2.44. The normalized spacial score (nSPS) is 10.3. The number of aromatic nitrogens is 4. The Balaban J connectivity index is 1.94. The Bertz CT molecular complexity index is 566. The van der Waals surface area contributed by atoms with Crippen LogP contribution in [0.1, 0.15) is 28.8 Å². The topological polar surface area (TPSA) is 95.6 Å². The molecule has 0 aliphatic heterocycles. The predicted molar refractivity (Wildman–Crippen MR) is 75.6 cm³/mol. The minimum absolute atomic E-state index is 0.117. The van der Waals surface area contributed by atoms with E-state index in [1.165, 1.54) is 6.33 Å². The summed E-state index contributed by atoms with van der Waals surface area (Å²) in [4.78, 5) is 20.4. The van der Waals surface area contributed by atoms with Crippen molar-refractivity contribution < 1.29 is 4.79 Å². The third-order valence-electron chi connectivity index (χ3n) is 2.69. The van der Waals surface area contributed by atoms with E-state index in [0.717, 1.165) is 18.1 Å². The highest BCUT2D eigenvalue weighted by molar-refractivity contribution is 5.95. The van der Waals surface area contributed by atoms with Crippen molar-refractivity contribution in [1.82, 2.24) is 25.5 Å². The SMILES string of the molecule is CCNc1cc(C(=O)NCCc2ncn[nH]2)cc(C)n1. The van der Waals surface area contributed by atoms with Gasteiger partial charge in [0.1, 0.15) is 18.0 Å². The first-order valence-electron chi connectivity index (χ1n) is 6.54. The smallest absolute Gasteiger partial charge is 0.251 e. The number of hydrogen-bond acceptors (Lipinski definition) is 5. The molecule has 0 saturated heterocycles. The van der Waals surface area contributed by atoms with E-state index < -0.39 is 0 Å². The van der Waals surface area contributed by atoms with Crippen molar-refractivity contribution >= 4 is 11.7 Å². The van der Waals surface area contributed by atoms with Gasteiger partial charge in [0.05, 0.1) is 0 Å². The van der Waals surface area contributed by atoms with Crippen molar-refractivity contribution in [3.05, 3.63) is 35.5 Å². The van der Waals surface area contributed by atoms with Gasteiger partial charge in [-0.1, -0.05) is 0 Å². The lowest BCUT2D eigenvalue weighted by Crippen LogP contribution is -2.26. The van der Waals surface area contributed by atoms with Crippen LogP contribution in [0.4, 0.5) is 5.82 Å². The number of rotatable bonds is 6. The average molecular weight is 274 g/mol. The first kappa shape index (κ1) is 14.0. The summed E-state index contributed by atoms with van der Waals surface area (Å²) in [6.07, 6.45) is 2.07. The summed E-state index contributed by atoms with van der Waals surface area (Å²) in [5, 5.41) is 12.5. The molecular weight excluding hydrogens is 256 g/mol. The van der Waals surface area contributed by atoms with Crippen molar-refractivity contribution in [3.63, 3.8) is 0 Å². The zero-order chi connectivity index (χ0) is 14.4. The van der Waals surface area contributed by atoms with Gasteiger partial charge >= 0.3 is 0 Å². The van der Waals surface area contributed by atoms with E-state index in [-0.39, 0.29) is 5.91 Å². The fraction of sp³-hybridized carbons (Fsp3) is 0.385. The van der Waals surface area contributed by atoms with Crippen LogP contribution in [-0.4, -0.2) is 39.2 Å². The van der Waals surface area contributed by atoms with E-state index in [4.69, 9.17) is 0 Å². The molecule has 2 aromatic heterocycles. The zero-order valence-corrected chi connectivity index (χ0v) is 11.6. The largest absolute Gasteiger partial charge is 0.370 e. The number of H-pyrrole nitrogens is 1. The van der Waals surface area contributed by atoms with E-state index in [1.54, 1.807) is 12.1 Å². The Kier molecular flexibility index (Phi) is 4.65. The van der Waals surface area contributed by atoms with Crippen LogP contribution >= 0.6 is 0 Å². The minimum atomic E-state index is -0.117. The van der Waals surface area contributed by atoms with Crippen molar-refractivity contribution in [2.24, 2.45) is 0 Å². The van der Waals surface area contributed by atoms with Gasteiger partial charge in [0, 0.05) is 30.8 Å². The summed E-state index contributed by atoms with van der Waals surface area (Å²) in [5.41, 5.74) is 1.41. The van der Waals surface area contributed by atoms with Crippen LogP contribution < -0.4 is 10.6 Å². The standard InChI is InChI=1S/C13H18N6O/c1-3-14-12-7-10(6-9(2)18-12)13(20)15-5-4-11-16-8-17-19-11/h6-8H,3-5H2,1-2H3,(H,14,18)(H,15,20)(H,16,17,19). The number of hydrogen-bond donors (Lipinski definition) is 3. The molecule has 1 amide bonds. The first-order chi connectivity index (χ1) is 9.69. The highest BCUT2D eigenvalue weighted by Gasteiger charge is 2.08. The maximum Gasteiger partial charge on any atom is 0.251 e. The molecule has 0 bridgehead atoms. The van der Waals surface area contributed by atoms with Crippen LogP contribution in [0.3, 0.4) is 0 Å². The summed E-state index contributed by atoms with van der Waals surface area (Å²) in [7, 11) is 0.